The lowest BCUT2D eigenvalue weighted by Crippen LogP contribution is -2.55. The van der Waals surface area contributed by atoms with Gasteiger partial charge in [-0.3, -0.25) is 9.59 Å². The number of nitrogens with zero attached hydrogens (tertiary/aromatic N) is 1. The van der Waals surface area contributed by atoms with Crippen LogP contribution in [0.2, 0.25) is 0 Å². The Morgan fingerprint density at radius 1 is 1.06 bits per heavy atom. The highest BCUT2D eigenvalue weighted by atomic mass is 16.5. The van der Waals surface area contributed by atoms with Gasteiger partial charge in [0.1, 0.15) is 19.2 Å². The first-order valence-electron chi connectivity index (χ1n) is 11.6. The van der Waals surface area contributed by atoms with E-state index in [0.717, 1.165) is 41.5 Å². The van der Waals surface area contributed by atoms with Crippen molar-refractivity contribution in [3.8, 4) is 11.1 Å². The normalized spacial score (nSPS) is 15.6. The minimum atomic E-state index is -1.11. The molecule has 0 heterocycles. The predicted molar refractivity (Wildman–Crippen MR) is 125 cm³/mol. The fourth-order valence-electron chi connectivity index (χ4n) is 4.75. The number of carboxylic acid groups (broad SMARTS) is 1. The number of carbonyl (C=O) groups is 3. The van der Waals surface area contributed by atoms with Gasteiger partial charge in [-0.05, 0) is 41.0 Å². The van der Waals surface area contributed by atoms with E-state index in [-0.39, 0.29) is 31.6 Å². The number of ether oxygens (including phenoxy) is 2. The Hall–Kier alpha value is -3.39. The van der Waals surface area contributed by atoms with Gasteiger partial charge >= 0.3 is 12.1 Å². The van der Waals surface area contributed by atoms with Crippen LogP contribution in [0.3, 0.4) is 0 Å². The number of methoxy groups -OCH3 is 1. The van der Waals surface area contributed by atoms with E-state index in [2.05, 4.69) is 17.4 Å². The zero-order valence-electron chi connectivity index (χ0n) is 19.2. The molecular weight excluding hydrogens is 436 g/mol. The molecule has 2 amide bonds. The van der Waals surface area contributed by atoms with Crippen LogP contribution in [-0.4, -0.2) is 67.4 Å². The molecule has 2 aliphatic rings. The molecule has 34 heavy (non-hydrogen) atoms. The number of benzene rings is 2. The lowest BCUT2D eigenvalue weighted by molar-refractivity contribution is -0.146. The average Bonchev–Trinajstić information content (AvgIpc) is 3.12. The number of hydrogen-bond donors (Lipinski definition) is 2. The molecule has 2 aromatic carbocycles. The molecule has 1 unspecified atom stereocenters. The fourth-order valence-corrected chi connectivity index (χ4v) is 4.75. The van der Waals surface area contributed by atoms with Crippen molar-refractivity contribution in [2.45, 2.75) is 31.2 Å². The number of fused-ring (bicyclic) bond motifs is 3. The summed E-state index contributed by atoms with van der Waals surface area (Å²) in [5.74, 6) is -1.65. The molecule has 0 radical (unpaired) electrons. The van der Waals surface area contributed by atoms with Crippen molar-refractivity contribution in [2.24, 2.45) is 5.92 Å². The second-order valence-corrected chi connectivity index (χ2v) is 8.78. The van der Waals surface area contributed by atoms with Crippen molar-refractivity contribution in [3.05, 3.63) is 59.7 Å². The third-order valence-electron chi connectivity index (χ3n) is 6.71. The number of carboxylic acids is 1. The van der Waals surface area contributed by atoms with Crippen LogP contribution in [0.25, 0.3) is 11.1 Å². The van der Waals surface area contributed by atoms with Gasteiger partial charge in [0.2, 0.25) is 5.91 Å². The first kappa shape index (κ1) is 23.8. The second kappa shape index (κ2) is 10.7. The van der Waals surface area contributed by atoms with Gasteiger partial charge in [-0.1, -0.05) is 55.0 Å². The van der Waals surface area contributed by atoms with Gasteiger partial charge in [-0.15, -0.1) is 0 Å². The Balaban J connectivity index is 1.44. The van der Waals surface area contributed by atoms with Gasteiger partial charge in [0.15, 0.2) is 0 Å². The molecule has 1 atom stereocenters. The van der Waals surface area contributed by atoms with E-state index < -0.39 is 30.6 Å². The highest BCUT2D eigenvalue weighted by molar-refractivity contribution is 5.88. The third-order valence-corrected chi connectivity index (χ3v) is 6.71. The molecule has 0 spiro atoms. The predicted octanol–water partition coefficient (Wildman–Crippen LogP) is 3.25. The summed E-state index contributed by atoms with van der Waals surface area (Å²) in [6, 6.07) is 15.3. The third kappa shape index (κ3) is 5.07. The second-order valence-electron chi connectivity index (χ2n) is 8.78. The standard InChI is InChI=1S/C26H30N2O6/c1-33-14-13-28(15-23(29)30)25(31)24(17-7-6-8-17)27-26(32)34-16-22-20-11-4-2-9-18(20)19-10-3-5-12-21(19)22/h2-5,9-12,17,22,24H,6-8,13-16H2,1H3,(H,27,32)(H,29,30). The molecule has 2 N–H and O–H groups in total. The number of alkyl carbamates (subject to hydrolysis) is 1. The molecule has 8 heteroatoms. The van der Waals surface area contributed by atoms with E-state index in [1.54, 1.807) is 0 Å². The van der Waals surface area contributed by atoms with Gasteiger partial charge in [0.25, 0.3) is 0 Å². The first-order chi connectivity index (χ1) is 16.5. The van der Waals surface area contributed by atoms with Crippen molar-refractivity contribution in [2.75, 3.05) is 33.4 Å². The van der Waals surface area contributed by atoms with Crippen molar-refractivity contribution in [1.29, 1.82) is 0 Å². The Bertz CT molecular complexity index is 1010. The van der Waals surface area contributed by atoms with Crippen LogP contribution in [0.5, 0.6) is 0 Å². The van der Waals surface area contributed by atoms with Crippen LogP contribution < -0.4 is 5.32 Å². The average molecular weight is 467 g/mol. The van der Waals surface area contributed by atoms with Gasteiger partial charge in [0.05, 0.1) is 6.61 Å². The molecule has 0 aromatic heterocycles. The molecule has 180 valence electrons. The molecule has 8 nitrogen and oxygen atoms in total. The summed E-state index contributed by atoms with van der Waals surface area (Å²) in [5.41, 5.74) is 4.49. The summed E-state index contributed by atoms with van der Waals surface area (Å²) in [4.78, 5) is 38.5. The van der Waals surface area contributed by atoms with Crippen molar-refractivity contribution in [1.82, 2.24) is 10.2 Å². The number of hydrogen-bond acceptors (Lipinski definition) is 5. The summed E-state index contributed by atoms with van der Waals surface area (Å²) in [6.07, 6.45) is 1.89. The van der Waals surface area contributed by atoms with E-state index in [0.29, 0.717) is 0 Å². The van der Waals surface area contributed by atoms with Crippen LogP contribution in [0.4, 0.5) is 4.79 Å². The number of amides is 2. The van der Waals surface area contributed by atoms with Gasteiger partial charge < -0.3 is 24.8 Å². The van der Waals surface area contributed by atoms with E-state index in [1.165, 1.54) is 12.0 Å². The molecule has 0 bridgehead atoms. The monoisotopic (exact) mass is 466 g/mol. The molecule has 0 saturated heterocycles. The quantitative estimate of drug-likeness (QED) is 0.557. The summed E-state index contributed by atoms with van der Waals surface area (Å²) in [6.45, 7) is 0.0459. The smallest absolute Gasteiger partial charge is 0.407 e. The zero-order valence-corrected chi connectivity index (χ0v) is 19.2. The van der Waals surface area contributed by atoms with Gasteiger partial charge in [-0.25, -0.2) is 4.79 Å². The first-order valence-corrected chi connectivity index (χ1v) is 11.6. The highest BCUT2D eigenvalue weighted by Crippen LogP contribution is 2.44. The Labute approximate surface area is 198 Å². The molecule has 0 aliphatic heterocycles. The largest absolute Gasteiger partial charge is 0.480 e. The van der Waals surface area contributed by atoms with Crippen LogP contribution in [-0.2, 0) is 19.1 Å². The van der Waals surface area contributed by atoms with E-state index in [1.807, 2.05) is 36.4 Å². The van der Waals surface area contributed by atoms with Crippen LogP contribution in [0.1, 0.15) is 36.3 Å². The Kier molecular flexibility index (Phi) is 7.47. The van der Waals surface area contributed by atoms with Crippen molar-refractivity contribution in [3.63, 3.8) is 0 Å². The maximum atomic E-state index is 13.2. The number of aliphatic carboxylic acids is 1. The van der Waals surface area contributed by atoms with E-state index in [9.17, 15) is 19.5 Å². The van der Waals surface area contributed by atoms with Crippen LogP contribution >= 0.6 is 0 Å². The number of rotatable bonds is 10. The molecule has 4 rings (SSSR count). The lowest BCUT2D eigenvalue weighted by Gasteiger charge is -2.36. The summed E-state index contributed by atoms with van der Waals surface area (Å²) in [7, 11) is 1.49. The maximum Gasteiger partial charge on any atom is 0.407 e. The van der Waals surface area contributed by atoms with Crippen molar-refractivity contribution >= 4 is 18.0 Å². The summed E-state index contributed by atoms with van der Waals surface area (Å²) < 4.78 is 10.6. The number of nitrogens with one attached hydrogen (secondary N) is 1. The Morgan fingerprint density at radius 2 is 1.68 bits per heavy atom. The lowest BCUT2D eigenvalue weighted by atomic mass is 9.79. The molecule has 1 fully saturated rings. The topological polar surface area (TPSA) is 105 Å². The molecular formula is C26H30N2O6. The molecule has 1 saturated carbocycles. The van der Waals surface area contributed by atoms with Gasteiger partial charge in [-0.2, -0.15) is 0 Å². The minimum absolute atomic E-state index is 0.0353. The minimum Gasteiger partial charge on any atom is -0.480 e. The maximum absolute atomic E-state index is 13.2. The van der Waals surface area contributed by atoms with E-state index in [4.69, 9.17) is 9.47 Å². The molecule has 2 aromatic rings. The summed E-state index contributed by atoms with van der Waals surface area (Å²) >= 11 is 0. The van der Waals surface area contributed by atoms with Crippen LogP contribution in [0, 0.1) is 5.92 Å². The molecule has 2 aliphatic carbocycles. The highest BCUT2D eigenvalue weighted by Gasteiger charge is 2.37. The summed E-state index contributed by atoms with van der Waals surface area (Å²) in [5, 5.41) is 12.0. The fraction of sp³-hybridized carbons (Fsp3) is 0.423. The SMILES string of the molecule is COCCN(CC(=O)O)C(=O)C(NC(=O)OCC1c2ccccc2-c2ccccc21)C1CCC1. The Morgan fingerprint density at radius 3 is 2.21 bits per heavy atom. The zero-order chi connectivity index (χ0) is 24.1. The number of carbonyl (C=O) groups excluding carboxylic acids is 2. The van der Waals surface area contributed by atoms with E-state index >= 15 is 0 Å². The van der Waals surface area contributed by atoms with Crippen LogP contribution in [0.15, 0.2) is 48.5 Å². The van der Waals surface area contributed by atoms with Crippen molar-refractivity contribution < 1.29 is 29.0 Å². The van der Waals surface area contributed by atoms with Gasteiger partial charge in [0, 0.05) is 19.6 Å².